The average Bonchev–Trinajstić information content (AvgIpc) is 3.39. The van der Waals surface area contributed by atoms with Crippen LogP contribution >= 0.6 is 11.3 Å². The number of hydrogen-bond acceptors (Lipinski definition) is 8. The molecule has 1 N–H and O–H groups in total. The fourth-order valence-corrected chi connectivity index (χ4v) is 5.66. The molecule has 11 heteroatoms. The quantitative estimate of drug-likeness (QED) is 0.524. The van der Waals surface area contributed by atoms with E-state index in [9.17, 15) is 13.2 Å². The van der Waals surface area contributed by atoms with Crippen molar-refractivity contribution in [2.45, 2.75) is 31.4 Å². The summed E-state index contributed by atoms with van der Waals surface area (Å²) in [6, 6.07) is 9.71. The van der Waals surface area contributed by atoms with E-state index in [1.807, 2.05) is 35.7 Å². The van der Waals surface area contributed by atoms with Gasteiger partial charge in [-0.3, -0.25) is 4.79 Å². The Hall–Kier alpha value is -2.76. The van der Waals surface area contributed by atoms with E-state index in [-0.39, 0.29) is 36.6 Å². The fraction of sp³-hybridized carbons (Fsp3) is 0.381. The number of hydrogen-bond donors (Lipinski definition) is 1. The van der Waals surface area contributed by atoms with Crippen LogP contribution in [-0.2, 0) is 33.2 Å². The highest BCUT2D eigenvalue weighted by molar-refractivity contribution is 7.89. The summed E-state index contributed by atoms with van der Waals surface area (Å²) in [5, 5.41) is 5.83. The van der Waals surface area contributed by atoms with Crippen molar-refractivity contribution in [2.75, 3.05) is 18.4 Å². The Labute approximate surface area is 191 Å². The number of nitrogens with one attached hydrogen (secondary N) is 1. The number of ether oxygens (including phenoxy) is 1. The van der Waals surface area contributed by atoms with Crippen LogP contribution in [0.15, 0.2) is 46.9 Å². The molecular formula is C21H25N5O4S2. The van der Waals surface area contributed by atoms with Crippen molar-refractivity contribution < 1.29 is 17.9 Å². The van der Waals surface area contributed by atoms with E-state index in [1.54, 1.807) is 18.5 Å². The van der Waals surface area contributed by atoms with Crippen molar-refractivity contribution in [3.63, 3.8) is 0 Å². The van der Waals surface area contributed by atoms with Gasteiger partial charge in [-0.2, -0.15) is 4.31 Å². The van der Waals surface area contributed by atoms with Gasteiger partial charge < -0.3 is 14.6 Å². The largest absolute Gasteiger partial charge is 0.459 e. The third-order valence-corrected chi connectivity index (χ3v) is 7.99. The van der Waals surface area contributed by atoms with Crippen LogP contribution in [0.5, 0.6) is 0 Å². The molecule has 0 aliphatic carbocycles. The molecule has 3 aromatic rings. The molecule has 0 spiro atoms. The van der Waals surface area contributed by atoms with Gasteiger partial charge in [0.15, 0.2) is 10.2 Å². The summed E-state index contributed by atoms with van der Waals surface area (Å²) >= 11 is 1.44. The molecule has 0 radical (unpaired) electrons. The SMILES string of the molecule is Cc1nc(S(=O)(=O)N2CCC(C(=O)OCc3csc(Nc4ccccc4)n3)CC2)cn1C. The number of imidazole rings is 1. The molecule has 1 fully saturated rings. The molecule has 0 atom stereocenters. The van der Waals surface area contributed by atoms with Crippen LogP contribution in [0, 0.1) is 12.8 Å². The van der Waals surface area contributed by atoms with Crippen molar-refractivity contribution in [1.29, 1.82) is 0 Å². The number of thiazole rings is 1. The molecule has 0 amide bonds. The monoisotopic (exact) mass is 475 g/mol. The van der Waals surface area contributed by atoms with Gasteiger partial charge in [0, 0.05) is 37.4 Å². The van der Waals surface area contributed by atoms with E-state index >= 15 is 0 Å². The third kappa shape index (κ3) is 5.00. The highest BCUT2D eigenvalue weighted by Gasteiger charge is 2.34. The maximum Gasteiger partial charge on any atom is 0.309 e. The second kappa shape index (κ2) is 9.39. The minimum absolute atomic E-state index is 0.0435. The molecular weight excluding hydrogens is 450 g/mol. The number of anilines is 2. The lowest BCUT2D eigenvalue weighted by atomic mass is 9.98. The van der Waals surface area contributed by atoms with Crippen LogP contribution in [0.1, 0.15) is 24.4 Å². The lowest BCUT2D eigenvalue weighted by molar-refractivity contribution is -0.151. The molecule has 2 aromatic heterocycles. The summed E-state index contributed by atoms with van der Waals surface area (Å²) in [6.07, 6.45) is 2.35. The molecule has 4 rings (SSSR count). The zero-order valence-electron chi connectivity index (χ0n) is 17.9. The number of aromatic nitrogens is 3. The van der Waals surface area contributed by atoms with Crippen LogP contribution in [0.2, 0.25) is 0 Å². The van der Waals surface area contributed by atoms with E-state index in [0.29, 0.717) is 24.4 Å². The van der Waals surface area contributed by atoms with Gasteiger partial charge in [0.25, 0.3) is 10.0 Å². The predicted octanol–water partition coefficient (Wildman–Crippen LogP) is 3.07. The first-order valence-corrected chi connectivity index (χ1v) is 12.6. The summed E-state index contributed by atoms with van der Waals surface area (Å²) in [5.74, 6) is -0.0139. The number of carbonyl (C=O) groups excluding carboxylic acids is 1. The predicted molar refractivity (Wildman–Crippen MR) is 121 cm³/mol. The zero-order valence-corrected chi connectivity index (χ0v) is 19.5. The zero-order chi connectivity index (χ0) is 22.7. The molecule has 0 unspecified atom stereocenters. The lowest BCUT2D eigenvalue weighted by Gasteiger charge is -2.29. The molecule has 32 heavy (non-hydrogen) atoms. The molecule has 1 aliphatic heterocycles. The molecule has 3 heterocycles. The Morgan fingerprint density at radius 3 is 2.59 bits per heavy atom. The summed E-state index contributed by atoms with van der Waals surface area (Å²) in [6.45, 7) is 2.38. The van der Waals surface area contributed by atoms with Crippen LogP contribution < -0.4 is 5.32 Å². The van der Waals surface area contributed by atoms with Gasteiger partial charge >= 0.3 is 5.97 Å². The fourth-order valence-electron chi connectivity index (χ4n) is 3.45. The third-order valence-electron chi connectivity index (χ3n) is 5.42. The standard InChI is InChI=1S/C21H25N5O4S2/c1-15-22-19(12-25(15)2)32(28,29)26-10-8-16(9-11-26)20(27)30-13-18-14-31-21(24-18)23-17-6-4-3-5-7-17/h3-7,12,14,16H,8-11,13H2,1-2H3,(H,23,24). The van der Waals surface area contributed by atoms with Crippen molar-refractivity contribution in [3.05, 3.63) is 53.4 Å². The molecule has 1 aromatic carbocycles. The van der Waals surface area contributed by atoms with Crippen molar-refractivity contribution in [1.82, 2.24) is 18.8 Å². The summed E-state index contributed by atoms with van der Waals surface area (Å²) in [4.78, 5) is 21.1. The van der Waals surface area contributed by atoms with E-state index in [1.165, 1.54) is 21.8 Å². The number of rotatable bonds is 7. The maximum absolute atomic E-state index is 12.8. The van der Waals surface area contributed by atoms with E-state index in [0.717, 1.165) is 10.8 Å². The van der Waals surface area contributed by atoms with Gasteiger partial charge in [-0.15, -0.1) is 11.3 Å². The Morgan fingerprint density at radius 1 is 1.22 bits per heavy atom. The number of carbonyl (C=O) groups is 1. The number of sulfonamides is 1. The van der Waals surface area contributed by atoms with Crippen LogP contribution in [-0.4, -0.2) is 46.3 Å². The minimum Gasteiger partial charge on any atom is -0.459 e. The molecule has 9 nitrogen and oxygen atoms in total. The highest BCUT2D eigenvalue weighted by Crippen LogP contribution is 2.25. The summed E-state index contributed by atoms with van der Waals surface area (Å²) in [7, 11) is -1.90. The average molecular weight is 476 g/mol. The van der Waals surface area contributed by atoms with Gasteiger partial charge in [-0.1, -0.05) is 18.2 Å². The topological polar surface area (TPSA) is 106 Å². The lowest BCUT2D eigenvalue weighted by Crippen LogP contribution is -2.40. The molecule has 1 saturated heterocycles. The number of para-hydroxylation sites is 1. The first-order chi connectivity index (χ1) is 15.3. The molecule has 0 saturated carbocycles. The number of aryl methyl sites for hydroxylation is 2. The Kier molecular flexibility index (Phi) is 6.58. The van der Waals surface area contributed by atoms with Crippen molar-refractivity contribution in [2.24, 2.45) is 13.0 Å². The number of benzene rings is 1. The normalized spacial score (nSPS) is 15.6. The summed E-state index contributed by atoms with van der Waals surface area (Å²) < 4.78 is 34.1. The smallest absolute Gasteiger partial charge is 0.309 e. The van der Waals surface area contributed by atoms with Gasteiger partial charge in [0.1, 0.15) is 12.4 Å². The molecule has 0 bridgehead atoms. The first kappa shape index (κ1) is 22.4. The van der Waals surface area contributed by atoms with Crippen molar-refractivity contribution in [3.8, 4) is 0 Å². The van der Waals surface area contributed by atoms with Gasteiger partial charge in [0.2, 0.25) is 0 Å². The van der Waals surface area contributed by atoms with Crippen LogP contribution in [0.25, 0.3) is 0 Å². The Balaban J connectivity index is 1.27. The minimum atomic E-state index is -3.66. The van der Waals surface area contributed by atoms with E-state index in [4.69, 9.17) is 4.74 Å². The van der Waals surface area contributed by atoms with Crippen molar-refractivity contribution >= 4 is 38.1 Å². The van der Waals surface area contributed by atoms with Gasteiger partial charge in [-0.25, -0.2) is 18.4 Å². The molecule has 1 aliphatic rings. The Morgan fingerprint density at radius 2 is 1.94 bits per heavy atom. The Bertz CT molecular complexity index is 1160. The highest BCUT2D eigenvalue weighted by atomic mass is 32.2. The van der Waals surface area contributed by atoms with Gasteiger partial charge in [-0.05, 0) is 31.9 Å². The van der Waals surface area contributed by atoms with Crippen LogP contribution in [0.4, 0.5) is 10.8 Å². The van der Waals surface area contributed by atoms with E-state index < -0.39 is 10.0 Å². The number of piperidine rings is 1. The second-order valence-electron chi connectivity index (χ2n) is 7.66. The second-order valence-corrected chi connectivity index (χ2v) is 10.4. The maximum atomic E-state index is 12.8. The molecule has 170 valence electrons. The number of nitrogens with zero attached hydrogens (tertiary/aromatic N) is 4. The van der Waals surface area contributed by atoms with Gasteiger partial charge in [0.05, 0.1) is 11.6 Å². The number of esters is 1. The first-order valence-electron chi connectivity index (χ1n) is 10.3. The summed E-state index contributed by atoms with van der Waals surface area (Å²) in [5.41, 5.74) is 1.61. The van der Waals surface area contributed by atoms with Crippen LogP contribution in [0.3, 0.4) is 0 Å². The van der Waals surface area contributed by atoms with E-state index in [2.05, 4.69) is 15.3 Å².